The van der Waals surface area contributed by atoms with Gasteiger partial charge in [-0.2, -0.15) is 5.10 Å². The van der Waals surface area contributed by atoms with E-state index in [4.69, 9.17) is 4.74 Å². The fourth-order valence-corrected chi connectivity index (χ4v) is 3.78. The molecule has 1 N–H and O–H groups in total. The van der Waals surface area contributed by atoms with Gasteiger partial charge in [-0.05, 0) is 49.1 Å². The molecule has 0 spiro atoms. The van der Waals surface area contributed by atoms with Crippen LogP contribution in [-0.4, -0.2) is 23.3 Å². The molecule has 0 bridgehead atoms. The second-order valence-corrected chi connectivity index (χ2v) is 7.95. The fourth-order valence-electron chi connectivity index (χ4n) is 3.78. The quantitative estimate of drug-likeness (QED) is 0.329. The van der Waals surface area contributed by atoms with E-state index in [1.165, 1.54) is 5.56 Å². The van der Waals surface area contributed by atoms with E-state index in [0.29, 0.717) is 0 Å². The van der Waals surface area contributed by atoms with Crippen LogP contribution in [0.2, 0.25) is 0 Å². The van der Waals surface area contributed by atoms with Gasteiger partial charge in [0.05, 0.1) is 6.21 Å². The van der Waals surface area contributed by atoms with Crippen molar-refractivity contribution in [3.8, 4) is 5.75 Å². The Hall–Kier alpha value is -3.86. The average Bonchev–Trinajstić information content (AvgIpc) is 3.14. The molecule has 5 heteroatoms. The van der Waals surface area contributed by atoms with Crippen LogP contribution in [0.1, 0.15) is 27.8 Å². The first kappa shape index (κ1) is 21.4. The summed E-state index contributed by atoms with van der Waals surface area (Å²) in [6.45, 7) is 6.69. The van der Waals surface area contributed by atoms with Crippen LogP contribution in [0, 0.1) is 20.8 Å². The van der Waals surface area contributed by atoms with E-state index < -0.39 is 0 Å². The molecule has 162 valence electrons. The van der Waals surface area contributed by atoms with E-state index in [1.807, 2.05) is 57.2 Å². The Balaban J connectivity index is 1.44. The molecular formula is C27H27N3O2. The molecule has 0 fully saturated rings. The predicted octanol–water partition coefficient (Wildman–Crippen LogP) is 5.14. The van der Waals surface area contributed by atoms with Crippen molar-refractivity contribution in [2.75, 3.05) is 6.61 Å². The third kappa shape index (κ3) is 4.72. The lowest BCUT2D eigenvalue weighted by molar-refractivity contribution is -0.123. The van der Waals surface area contributed by atoms with E-state index in [1.54, 1.807) is 6.21 Å². The maximum atomic E-state index is 12.3. The molecule has 0 saturated heterocycles. The smallest absolute Gasteiger partial charge is 0.277 e. The number of nitrogens with one attached hydrogen (secondary N) is 1. The van der Waals surface area contributed by atoms with Crippen LogP contribution in [0.3, 0.4) is 0 Å². The van der Waals surface area contributed by atoms with Crippen LogP contribution in [0.15, 0.2) is 78.0 Å². The zero-order chi connectivity index (χ0) is 22.5. The number of nitrogens with zero attached hydrogens (tertiary/aromatic N) is 2. The molecule has 4 rings (SSSR count). The predicted molar refractivity (Wildman–Crippen MR) is 129 cm³/mol. The Labute approximate surface area is 188 Å². The van der Waals surface area contributed by atoms with Gasteiger partial charge >= 0.3 is 0 Å². The highest BCUT2D eigenvalue weighted by molar-refractivity contribution is 5.99. The average molecular weight is 426 g/mol. The number of amides is 1. The molecular weight excluding hydrogens is 398 g/mol. The lowest BCUT2D eigenvalue weighted by Gasteiger charge is -2.13. The van der Waals surface area contributed by atoms with Crippen molar-refractivity contribution in [1.82, 2.24) is 9.99 Å². The van der Waals surface area contributed by atoms with Crippen molar-refractivity contribution in [2.45, 2.75) is 27.3 Å². The monoisotopic (exact) mass is 425 g/mol. The van der Waals surface area contributed by atoms with Gasteiger partial charge in [0.2, 0.25) is 0 Å². The molecule has 3 aromatic carbocycles. The van der Waals surface area contributed by atoms with E-state index in [0.717, 1.165) is 45.5 Å². The number of hydrogen-bond acceptors (Lipinski definition) is 3. The SMILES string of the molecule is Cc1ccc(C)c(OCC(=O)N/N=C/c2cn(Cc3ccccc3)c3ccccc23)c1C. The van der Waals surface area contributed by atoms with Gasteiger partial charge in [0, 0.05) is 29.2 Å². The lowest BCUT2D eigenvalue weighted by Crippen LogP contribution is -2.25. The summed E-state index contributed by atoms with van der Waals surface area (Å²) in [4.78, 5) is 12.3. The van der Waals surface area contributed by atoms with Crippen LogP contribution in [0.4, 0.5) is 0 Å². The highest BCUT2D eigenvalue weighted by atomic mass is 16.5. The summed E-state index contributed by atoms with van der Waals surface area (Å²) in [6, 6.07) is 22.6. The summed E-state index contributed by atoms with van der Waals surface area (Å²) in [5, 5.41) is 5.26. The highest BCUT2D eigenvalue weighted by Gasteiger charge is 2.10. The molecule has 32 heavy (non-hydrogen) atoms. The number of hydrazone groups is 1. The number of carbonyl (C=O) groups excluding carboxylic acids is 1. The van der Waals surface area contributed by atoms with E-state index in [9.17, 15) is 4.79 Å². The zero-order valence-corrected chi connectivity index (χ0v) is 18.6. The summed E-state index contributed by atoms with van der Waals surface area (Å²) >= 11 is 0. The van der Waals surface area contributed by atoms with Crippen LogP contribution >= 0.6 is 0 Å². The third-order valence-electron chi connectivity index (χ3n) is 5.63. The van der Waals surface area contributed by atoms with Crippen LogP contribution in [0.5, 0.6) is 5.75 Å². The van der Waals surface area contributed by atoms with Crippen molar-refractivity contribution in [1.29, 1.82) is 0 Å². The first-order valence-corrected chi connectivity index (χ1v) is 10.7. The van der Waals surface area contributed by atoms with Crippen molar-refractivity contribution in [3.63, 3.8) is 0 Å². The molecule has 0 aliphatic rings. The van der Waals surface area contributed by atoms with Gasteiger partial charge in [-0.1, -0.05) is 60.7 Å². The minimum atomic E-state index is -0.297. The maximum absolute atomic E-state index is 12.3. The van der Waals surface area contributed by atoms with Gasteiger partial charge in [0.15, 0.2) is 6.61 Å². The molecule has 0 radical (unpaired) electrons. The number of fused-ring (bicyclic) bond motifs is 1. The molecule has 4 aromatic rings. The second kappa shape index (κ2) is 9.52. The molecule has 1 heterocycles. The van der Waals surface area contributed by atoms with Gasteiger partial charge in [-0.15, -0.1) is 0 Å². The summed E-state index contributed by atoms with van der Waals surface area (Å²) in [5.74, 6) is 0.461. The minimum absolute atomic E-state index is 0.0851. The number of carbonyl (C=O) groups is 1. The van der Waals surface area contributed by atoms with Crippen molar-refractivity contribution >= 4 is 23.0 Å². The molecule has 0 atom stereocenters. The Morgan fingerprint density at radius 3 is 2.50 bits per heavy atom. The van der Waals surface area contributed by atoms with Gasteiger partial charge < -0.3 is 9.30 Å². The molecule has 1 aromatic heterocycles. The van der Waals surface area contributed by atoms with Crippen molar-refractivity contribution < 1.29 is 9.53 Å². The van der Waals surface area contributed by atoms with Gasteiger partial charge in [0.25, 0.3) is 5.91 Å². The number of rotatable bonds is 7. The fraction of sp³-hybridized carbons (Fsp3) is 0.185. The van der Waals surface area contributed by atoms with E-state index >= 15 is 0 Å². The van der Waals surface area contributed by atoms with Crippen LogP contribution in [-0.2, 0) is 11.3 Å². The Bertz CT molecular complexity index is 1270. The summed E-state index contributed by atoms with van der Waals surface area (Å²) in [7, 11) is 0. The van der Waals surface area contributed by atoms with E-state index in [2.05, 4.69) is 51.6 Å². The number of para-hydroxylation sites is 1. The number of aryl methyl sites for hydroxylation is 2. The molecule has 0 aliphatic heterocycles. The van der Waals surface area contributed by atoms with Gasteiger partial charge in [-0.3, -0.25) is 4.79 Å². The normalized spacial score (nSPS) is 11.2. The number of ether oxygens (including phenoxy) is 1. The Morgan fingerprint density at radius 2 is 1.69 bits per heavy atom. The number of hydrogen-bond donors (Lipinski definition) is 1. The Kier molecular flexibility index (Phi) is 6.36. The molecule has 0 aliphatic carbocycles. The zero-order valence-electron chi connectivity index (χ0n) is 18.6. The Morgan fingerprint density at radius 1 is 0.969 bits per heavy atom. The van der Waals surface area contributed by atoms with Crippen molar-refractivity contribution in [3.05, 3.63) is 101 Å². The van der Waals surface area contributed by atoms with Crippen LogP contribution in [0.25, 0.3) is 10.9 Å². The third-order valence-corrected chi connectivity index (χ3v) is 5.63. The molecule has 1 amide bonds. The number of aromatic nitrogens is 1. The second-order valence-electron chi connectivity index (χ2n) is 7.95. The van der Waals surface area contributed by atoms with Gasteiger partial charge in [0.1, 0.15) is 5.75 Å². The van der Waals surface area contributed by atoms with Crippen molar-refractivity contribution in [2.24, 2.45) is 5.10 Å². The molecule has 0 saturated carbocycles. The van der Waals surface area contributed by atoms with Gasteiger partial charge in [-0.25, -0.2) is 5.43 Å². The summed E-state index contributed by atoms with van der Waals surface area (Å²) in [6.07, 6.45) is 3.74. The molecule has 0 unspecified atom stereocenters. The minimum Gasteiger partial charge on any atom is -0.483 e. The maximum Gasteiger partial charge on any atom is 0.277 e. The number of benzene rings is 3. The van der Waals surface area contributed by atoms with Crippen LogP contribution < -0.4 is 10.2 Å². The first-order chi connectivity index (χ1) is 15.5. The summed E-state index contributed by atoms with van der Waals surface area (Å²) in [5.41, 5.74) is 9.06. The largest absolute Gasteiger partial charge is 0.483 e. The lowest BCUT2D eigenvalue weighted by atomic mass is 10.1. The topological polar surface area (TPSA) is 55.6 Å². The summed E-state index contributed by atoms with van der Waals surface area (Å²) < 4.78 is 7.96. The first-order valence-electron chi connectivity index (χ1n) is 10.7. The van der Waals surface area contributed by atoms with E-state index in [-0.39, 0.29) is 12.5 Å². The standard InChI is InChI=1S/C27H27N3O2/c1-19-13-14-20(2)27(21(19)3)32-18-26(31)29-28-15-23-17-30(16-22-9-5-4-6-10-22)25-12-8-7-11-24(23)25/h4-15,17H,16,18H2,1-3H3,(H,29,31)/b28-15+. The highest BCUT2D eigenvalue weighted by Crippen LogP contribution is 2.25. The molecule has 5 nitrogen and oxygen atoms in total.